The van der Waals surface area contributed by atoms with Gasteiger partial charge < -0.3 is 10.5 Å². The number of ether oxygens (including phenoxy) is 1. The average molecular weight is 219 g/mol. The van der Waals surface area contributed by atoms with Crippen molar-refractivity contribution in [1.82, 2.24) is 0 Å². The molecule has 0 unspecified atom stereocenters. The zero-order valence-electron chi connectivity index (χ0n) is 9.93. The van der Waals surface area contributed by atoms with Crippen LogP contribution in [0.3, 0.4) is 0 Å². The Bertz CT molecular complexity index is 312. The second-order valence-corrected chi connectivity index (χ2v) is 4.89. The van der Waals surface area contributed by atoms with Crippen LogP contribution >= 0.6 is 0 Å². The van der Waals surface area contributed by atoms with Crippen LogP contribution < -0.4 is 5.73 Å². The zero-order chi connectivity index (χ0) is 11.4. The SMILES string of the molecule is C[C@@H]1C[C@H](N)CC[C@@H]1OCc1ccccc1. The molecule has 3 atom stereocenters. The third kappa shape index (κ3) is 3.06. The van der Waals surface area contributed by atoms with Gasteiger partial charge in [0.25, 0.3) is 0 Å². The molecule has 1 aromatic rings. The third-order valence-electron chi connectivity index (χ3n) is 3.44. The Morgan fingerprint density at radius 3 is 2.69 bits per heavy atom. The smallest absolute Gasteiger partial charge is 0.0720 e. The molecule has 0 saturated heterocycles. The largest absolute Gasteiger partial charge is 0.373 e. The molecule has 0 amide bonds. The van der Waals surface area contributed by atoms with Crippen molar-refractivity contribution in [2.24, 2.45) is 11.7 Å². The summed E-state index contributed by atoms with van der Waals surface area (Å²) in [6, 6.07) is 10.7. The second kappa shape index (κ2) is 5.46. The summed E-state index contributed by atoms with van der Waals surface area (Å²) in [4.78, 5) is 0. The van der Waals surface area contributed by atoms with Crippen LogP contribution in [0.15, 0.2) is 30.3 Å². The molecule has 16 heavy (non-hydrogen) atoms. The monoisotopic (exact) mass is 219 g/mol. The lowest BCUT2D eigenvalue weighted by molar-refractivity contribution is -0.0190. The standard InChI is InChI=1S/C14H21NO/c1-11-9-13(15)7-8-14(11)16-10-12-5-3-2-4-6-12/h2-6,11,13-14H,7-10,15H2,1H3/t11-,13-,14+/m1/s1. The van der Waals surface area contributed by atoms with E-state index in [1.807, 2.05) is 6.07 Å². The minimum atomic E-state index is 0.381. The molecule has 2 N–H and O–H groups in total. The fourth-order valence-electron chi connectivity index (χ4n) is 2.44. The average Bonchev–Trinajstić information content (AvgIpc) is 2.29. The molecule has 0 heterocycles. The molecular formula is C14H21NO. The van der Waals surface area contributed by atoms with E-state index in [0.29, 0.717) is 18.1 Å². The number of hydrogen-bond donors (Lipinski definition) is 1. The van der Waals surface area contributed by atoms with Gasteiger partial charge in [0.2, 0.25) is 0 Å². The van der Waals surface area contributed by atoms with Gasteiger partial charge in [0.05, 0.1) is 12.7 Å². The molecule has 2 rings (SSSR count). The molecule has 1 fully saturated rings. The lowest BCUT2D eigenvalue weighted by atomic mass is 9.85. The van der Waals surface area contributed by atoms with E-state index in [-0.39, 0.29) is 0 Å². The summed E-state index contributed by atoms with van der Waals surface area (Å²) in [6.07, 6.45) is 3.69. The van der Waals surface area contributed by atoms with E-state index < -0.39 is 0 Å². The van der Waals surface area contributed by atoms with Gasteiger partial charge in [-0.3, -0.25) is 0 Å². The maximum atomic E-state index is 5.97. The molecule has 1 saturated carbocycles. The topological polar surface area (TPSA) is 35.2 Å². The summed E-state index contributed by atoms with van der Waals surface area (Å²) in [5.41, 5.74) is 7.19. The van der Waals surface area contributed by atoms with Crippen LogP contribution in [0.2, 0.25) is 0 Å². The Morgan fingerprint density at radius 2 is 2.00 bits per heavy atom. The van der Waals surface area contributed by atoms with Crippen molar-refractivity contribution < 1.29 is 4.74 Å². The Morgan fingerprint density at radius 1 is 1.25 bits per heavy atom. The minimum Gasteiger partial charge on any atom is -0.373 e. The van der Waals surface area contributed by atoms with Gasteiger partial charge in [0, 0.05) is 6.04 Å². The summed E-state index contributed by atoms with van der Waals surface area (Å²) in [5, 5.41) is 0. The van der Waals surface area contributed by atoms with Crippen molar-refractivity contribution in [3.05, 3.63) is 35.9 Å². The maximum absolute atomic E-state index is 5.97. The molecule has 0 spiro atoms. The highest BCUT2D eigenvalue weighted by Gasteiger charge is 2.25. The van der Waals surface area contributed by atoms with Crippen molar-refractivity contribution in [2.75, 3.05) is 0 Å². The summed E-state index contributed by atoms with van der Waals surface area (Å²) in [7, 11) is 0. The molecule has 1 aliphatic carbocycles. The first kappa shape index (κ1) is 11.6. The first-order chi connectivity index (χ1) is 7.75. The molecule has 1 aromatic carbocycles. The highest BCUT2D eigenvalue weighted by molar-refractivity contribution is 5.13. The fraction of sp³-hybridized carbons (Fsp3) is 0.571. The van der Waals surface area contributed by atoms with Gasteiger partial charge in [0.1, 0.15) is 0 Å². The van der Waals surface area contributed by atoms with Crippen molar-refractivity contribution >= 4 is 0 Å². The highest BCUT2D eigenvalue weighted by Crippen LogP contribution is 2.26. The molecule has 2 heteroatoms. The van der Waals surface area contributed by atoms with Gasteiger partial charge in [-0.15, -0.1) is 0 Å². The van der Waals surface area contributed by atoms with Gasteiger partial charge in [-0.1, -0.05) is 37.3 Å². The first-order valence-electron chi connectivity index (χ1n) is 6.17. The quantitative estimate of drug-likeness (QED) is 0.848. The molecule has 0 radical (unpaired) electrons. The highest BCUT2D eigenvalue weighted by atomic mass is 16.5. The van der Waals surface area contributed by atoms with Crippen molar-refractivity contribution in [2.45, 2.75) is 44.9 Å². The van der Waals surface area contributed by atoms with Gasteiger partial charge >= 0.3 is 0 Å². The van der Waals surface area contributed by atoms with Crippen LogP contribution in [0.5, 0.6) is 0 Å². The Labute approximate surface area is 97.8 Å². The van der Waals surface area contributed by atoms with E-state index in [2.05, 4.69) is 31.2 Å². The van der Waals surface area contributed by atoms with E-state index >= 15 is 0 Å². The van der Waals surface area contributed by atoms with Gasteiger partial charge in [0.15, 0.2) is 0 Å². The molecule has 2 nitrogen and oxygen atoms in total. The van der Waals surface area contributed by atoms with E-state index in [0.717, 1.165) is 25.9 Å². The molecule has 1 aliphatic rings. The maximum Gasteiger partial charge on any atom is 0.0720 e. The number of hydrogen-bond acceptors (Lipinski definition) is 2. The predicted molar refractivity (Wildman–Crippen MR) is 66.0 cm³/mol. The van der Waals surface area contributed by atoms with Crippen molar-refractivity contribution in [3.8, 4) is 0 Å². The van der Waals surface area contributed by atoms with E-state index in [9.17, 15) is 0 Å². The Hall–Kier alpha value is -0.860. The summed E-state index contributed by atoms with van der Waals surface area (Å²) in [6.45, 7) is 2.97. The lowest BCUT2D eigenvalue weighted by Gasteiger charge is -2.32. The normalized spacial score (nSPS) is 30.2. The van der Waals surface area contributed by atoms with Crippen LogP contribution in [0, 0.1) is 5.92 Å². The van der Waals surface area contributed by atoms with Crippen LogP contribution in [0.25, 0.3) is 0 Å². The Balaban J connectivity index is 1.82. The van der Waals surface area contributed by atoms with E-state index in [4.69, 9.17) is 10.5 Å². The van der Waals surface area contributed by atoms with Gasteiger partial charge in [-0.25, -0.2) is 0 Å². The number of nitrogens with two attached hydrogens (primary N) is 1. The minimum absolute atomic E-state index is 0.381. The summed E-state index contributed by atoms with van der Waals surface area (Å²) in [5.74, 6) is 0.590. The number of rotatable bonds is 3. The fourth-order valence-corrected chi connectivity index (χ4v) is 2.44. The van der Waals surface area contributed by atoms with Crippen molar-refractivity contribution in [3.63, 3.8) is 0 Å². The third-order valence-corrected chi connectivity index (χ3v) is 3.44. The zero-order valence-corrected chi connectivity index (χ0v) is 9.93. The van der Waals surface area contributed by atoms with Crippen LogP contribution in [0.1, 0.15) is 31.7 Å². The van der Waals surface area contributed by atoms with Crippen LogP contribution in [-0.2, 0) is 11.3 Å². The lowest BCUT2D eigenvalue weighted by Crippen LogP contribution is -2.36. The molecular weight excluding hydrogens is 198 g/mol. The van der Waals surface area contributed by atoms with Crippen LogP contribution in [-0.4, -0.2) is 12.1 Å². The number of benzene rings is 1. The van der Waals surface area contributed by atoms with Crippen molar-refractivity contribution in [1.29, 1.82) is 0 Å². The van der Waals surface area contributed by atoms with Gasteiger partial charge in [-0.2, -0.15) is 0 Å². The molecule has 0 aliphatic heterocycles. The Kier molecular flexibility index (Phi) is 3.97. The summed E-state index contributed by atoms with van der Waals surface area (Å²) >= 11 is 0. The predicted octanol–water partition coefficient (Wildman–Crippen LogP) is 2.72. The van der Waals surface area contributed by atoms with Gasteiger partial charge in [-0.05, 0) is 30.7 Å². The van der Waals surface area contributed by atoms with E-state index in [1.54, 1.807) is 0 Å². The van der Waals surface area contributed by atoms with Crippen LogP contribution in [0.4, 0.5) is 0 Å². The van der Waals surface area contributed by atoms with E-state index in [1.165, 1.54) is 5.56 Å². The summed E-state index contributed by atoms with van der Waals surface area (Å²) < 4.78 is 5.97. The first-order valence-corrected chi connectivity index (χ1v) is 6.17. The molecule has 0 aromatic heterocycles. The molecule has 88 valence electrons. The molecule has 0 bridgehead atoms. The second-order valence-electron chi connectivity index (χ2n) is 4.89.